The Hall–Kier alpha value is -2.41. The largest absolute Gasteiger partial charge is 0.465 e. The number of methoxy groups -OCH3 is 1. The lowest BCUT2D eigenvalue weighted by molar-refractivity contribution is 0.0600. The van der Waals surface area contributed by atoms with E-state index >= 15 is 0 Å². The van der Waals surface area contributed by atoms with Crippen LogP contribution in [-0.4, -0.2) is 37.6 Å². The van der Waals surface area contributed by atoms with Crippen molar-refractivity contribution in [2.24, 2.45) is 4.99 Å². The van der Waals surface area contributed by atoms with Gasteiger partial charge in [-0.2, -0.15) is 0 Å². The van der Waals surface area contributed by atoms with E-state index < -0.39 is 0 Å². The molecule has 0 radical (unpaired) electrons. The predicted octanol–water partition coefficient (Wildman–Crippen LogP) is 2.40. The van der Waals surface area contributed by atoms with Gasteiger partial charge in [-0.05, 0) is 24.1 Å². The van der Waals surface area contributed by atoms with Crippen LogP contribution in [0.2, 0.25) is 0 Å². The van der Waals surface area contributed by atoms with E-state index in [0.717, 1.165) is 35.9 Å². The molecule has 0 spiro atoms. The number of hydrogen-bond acceptors (Lipinski definition) is 5. The third-order valence-electron chi connectivity index (χ3n) is 3.64. The van der Waals surface area contributed by atoms with E-state index in [9.17, 15) is 4.79 Å². The fourth-order valence-electron chi connectivity index (χ4n) is 2.20. The first-order valence-corrected chi connectivity index (χ1v) is 9.03. The van der Waals surface area contributed by atoms with Gasteiger partial charge in [0.1, 0.15) is 0 Å². The second-order valence-corrected chi connectivity index (χ2v) is 6.56. The summed E-state index contributed by atoms with van der Waals surface area (Å²) in [4.78, 5) is 21.4. The van der Waals surface area contributed by atoms with Crippen LogP contribution in [0.5, 0.6) is 0 Å². The fourth-order valence-corrected chi connectivity index (χ4v) is 3.06. The molecule has 0 saturated carbocycles. The number of guanidine groups is 1. The number of thiazole rings is 1. The van der Waals surface area contributed by atoms with E-state index in [1.807, 2.05) is 18.3 Å². The minimum atomic E-state index is -0.328. The maximum absolute atomic E-state index is 11.4. The summed E-state index contributed by atoms with van der Waals surface area (Å²) >= 11 is 1.76. The lowest BCUT2D eigenvalue weighted by Gasteiger charge is -2.11. The third-order valence-corrected chi connectivity index (χ3v) is 4.84. The Balaban J connectivity index is 1.77. The van der Waals surface area contributed by atoms with Crippen molar-refractivity contribution in [3.8, 4) is 0 Å². The summed E-state index contributed by atoms with van der Waals surface area (Å²) in [7, 11) is 3.12. The summed E-state index contributed by atoms with van der Waals surface area (Å²) in [6.45, 7) is 3.54. The molecule has 0 aliphatic rings. The molecule has 25 heavy (non-hydrogen) atoms. The molecule has 0 aliphatic heterocycles. The van der Waals surface area contributed by atoms with E-state index in [4.69, 9.17) is 4.74 Å². The van der Waals surface area contributed by atoms with Crippen molar-refractivity contribution in [2.75, 3.05) is 20.7 Å². The van der Waals surface area contributed by atoms with Crippen molar-refractivity contribution < 1.29 is 9.53 Å². The van der Waals surface area contributed by atoms with Crippen LogP contribution in [0.15, 0.2) is 35.5 Å². The highest BCUT2D eigenvalue weighted by Crippen LogP contribution is 2.13. The number of nitrogens with zero attached hydrogens (tertiary/aromatic N) is 2. The highest BCUT2D eigenvalue weighted by molar-refractivity contribution is 7.11. The maximum Gasteiger partial charge on any atom is 0.337 e. The summed E-state index contributed by atoms with van der Waals surface area (Å²) < 4.78 is 4.69. The number of hydrogen-bond donors (Lipinski definition) is 2. The number of carbonyl (C=O) groups is 1. The standard InChI is InChI=1S/C18H24N4O2S/c1-4-15-12-21-16(25-15)9-10-20-18(19-2)22-11-13-5-7-14(8-6-13)17(23)24-3/h5-8,12H,4,9-11H2,1-3H3,(H2,19,20,22). The quantitative estimate of drug-likeness (QED) is 0.450. The summed E-state index contributed by atoms with van der Waals surface area (Å²) in [5.41, 5.74) is 1.60. The van der Waals surface area contributed by atoms with E-state index in [0.29, 0.717) is 12.1 Å². The molecule has 1 aromatic carbocycles. The average Bonchev–Trinajstić information content (AvgIpc) is 3.12. The minimum Gasteiger partial charge on any atom is -0.465 e. The molecule has 2 aromatic rings. The van der Waals surface area contributed by atoms with Crippen molar-refractivity contribution in [1.29, 1.82) is 0 Å². The molecule has 2 N–H and O–H groups in total. The van der Waals surface area contributed by atoms with Gasteiger partial charge in [-0.3, -0.25) is 4.99 Å². The van der Waals surface area contributed by atoms with Gasteiger partial charge in [0, 0.05) is 37.6 Å². The van der Waals surface area contributed by atoms with Gasteiger partial charge in [0.25, 0.3) is 0 Å². The van der Waals surface area contributed by atoms with Crippen molar-refractivity contribution in [2.45, 2.75) is 26.3 Å². The fraction of sp³-hybridized carbons (Fsp3) is 0.389. The number of aliphatic imine (C=N–C) groups is 1. The highest BCUT2D eigenvalue weighted by Gasteiger charge is 2.05. The molecule has 0 bridgehead atoms. The molecule has 134 valence electrons. The second kappa shape index (κ2) is 9.78. The Morgan fingerprint density at radius 1 is 1.28 bits per heavy atom. The first kappa shape index (κ1) is 18.9. The molecular weight excluding hydrogens is 336 g/mol. The number of nitrogens with one attached hydrogen (secondary N) is 2. The SMILES string of the molecule is CCc1cnc(CCNC(=NC)NCc2ccc(C(=O)OC)cc2)s1. The van der Waals surface area contributed by atoms with Gasteiger partial charge in [-0.1, -0.05) is 19.1 Å². The van der Waals surface area contributed by atoms with E-state index in [-0.39, 0.29) is 5.97 Å². The molecule has 1 aromatic heterocycles. The van der Waals surface area contributed by atoms with E-state index in [1.165, 1.54) is 12.0 Å². The van der Waals surface area contributed by atoms with Gasteiger partial charge in [0.2, 0.25) is 0 Å². The van der Waals surface area contributed by atoms with Crippen LogP contribution in [0, 0.1) is 0 Å². The lowest BCUT2D eigenvalue weighted by Crippen LogP contribution is -2.37. The molecule has 0 atom stereocenters. The Morgan fingerprint density at radius 2 is 2.04 bits per heavy atom. The zero-order valence-corrected chi connectivity index (χ0v) is 15.7. The van der Waals surface area contributed by atoms with Crippen LogP contribution >= 0.6 is 11.3 Å². The first-order valence-electron chi connectivity index (χ1n) is 8.21. The minimum absolute atomic E-state index is 0.328. The molecule has 1 heterocycles. The van der Waals surface area contributed by atoms with Crippen LogP contribution in [-0.2, 0) is 24.1 Å². The summed E-state index contributed by atoms with van der Waals surface area (Å²) in [6, 6.07) is 7.31. The molecular formula is C18H24N4O2S. The Bertz CT molecular complexity index is 710. The number of benzene rings is 1. The number of aromatic nitrogens is 1. The summed E-state index contributed by atoms with van der Waals surface area (Å²) in [6.07, 6.45) is 3.85. The van der Waals surface area contributed by atoms with Gasteiger partial charge < -0.3 is 15.4 Å². The molecule has 0 fully saturated rings. The summed E-state index contributed by atoms with van der Waals surface area (Å²) in [5.74, 6) is 0.412. The zero-order valence-electron chi connectivity index (χ0n) is 14.8. The summed E-state index contributed by atoms with van der Waals surface area (Å²) in [5, 5.41) is 7.68. The Morgan fingerprint density at radius 3 is 2.64 bits per heavy atom. The molecule has 6 nitrogen and oxygen atoms in total. The van der Waals surface area contributed by atoms with Gasteiger partial charge in [0.15, 0.2) is 5.96 Å². The van der Waals surface area contributed by atoms with Crippen LogP contribution in [0.25, 0.3) is 0 Å². The van der Waals surface area contributed by atoms with Crippen molar-refractivity contribution in [3.63, 3.8) is 0 Å². The number of rotatable bonds is 7. The van der Waals surface area contributed by atoms with E-state index in [1.54, 1.807) is 30.5 Å². The third kappa shape index (κ3) is 5.86. The van der Waals surface area contributed by atoms with Crippen LogP contribution in [0.4, 0.5) is 0 Å². The molecule has 2 rings (SSSR count). The zero-order chi connectivity index (χ0) is 18.1. The van der Waals surface area contributed by atoms with Gasteiger partial charge in [-0.25, -0.2) is 9.78 Å². The second-order valence-electron chi connectivity index (χ2n) is 5.36. The molecule has 0 aliphatic carbocycles. The first-order chi connectivity index (χ1) is 12.2. The van der Waals surface area contributed by atoms with Crippen LogP contribution < -0.4 is 10.6 Å². The number of aryl methyl sites for hydroxylation is 1. The van der Waals surface area contributed by atoms with Gasteiger partial charge >= 0.3 is 5.97 Å². The maximum atomic E-state index is 11.4. The van der Waals surface area contributed by atoms with E-state index in [2.05, 4.69) is 27.5 Å². The van der Waals surface area contributed by atoms with Crippen molar-refractivity contribution >= 4 is 23.3 Å². The molecule has 7 heteroatoms. The smallest absolute Gasteiger partial charge is 0.337 e. The predicted molar refractivity (Wildman–Crippen MR) is 101 cm³/mol. The molecule has 0 saturated heterocycles. The van der Waals surface area contributed by atoms with Gasteiger partial charge in [-0.15, -0.1) is 11.3 Å². The van der Waals surface area contributed by atoms with Gasteiger partial charge in [0.05, 0.1) is 17.7 Å². The highest BCUT2D eigenvalue weighted by atomic mass is 32.1. The topological polar surface area (TPSA) is 75.6 Å². The molecule has 0 amide bonds. The van der Waals surface area contributed by atoms with Crippen LogP contribution in [0.1, 0.15) is 32.7 Å². The lowest BCUT2D eigenvalue weighted by atomic mass is 10.1. The number of ether oxygens (including phenoxy) is 1. The Labute approximate surface area is 152 Å². The van der Waals surface area contributed by atoms with Crippen molar-refractivity contribution in [3.05, 3.63) is 51.5 Å². The average molecular weight is 360 g/mol. The molecule has 0 unspecified atom stereocenters. The normalized spacial score (nSPS) is 11.2. The monoisotopic (exact) mass is 360 g/mol. The number of carbonyl (C=O) groups excluding carboxylic acids is 1. The number of esters is 1. The van der Waals surface area contributed by atoms with Crippen molar-refractivity contribution in [1.82, 2.24) is 15.6 Å². The van der Waals surface area contributed by atoms with Crippen LogP contribution in [0.3, 0.4) is 0 Å². The Kier molecular flexibility index (Phi) is 7.40.